The summed E-state index contributed by atoms with van der Waals surface area (Å²) in [4.78, 5) is 4.33. The molecule has 22 heavy (non-hydrogen) atoms. The first kappa shape index (κ1) is 16.3. The average molecular weight is 360 g/mol. The van der Waals surface area contributed by atoms with Gasteiger partial charge in [0.05, 0.1) is 7.11 Å². The second kappa shape index (κ2) is 6.80. The van der Waals surface area contributed by atoms with Gasteiger partial charge in [-0.05, 0) is 37.1 Å². The van der Waals surface area contributed by atoms with Crippen molar-refractivity contribution in [1.29, 1.82) is 5.26 Å². The quantitative estimate of drug-likeness (QED) is 0.886. The van der Waals surface area contributed by atoms with E-state index < -0.39 is 0 Å². The molecule has 1 aromatic heterocycles. The molecule has 0 spiro atoms. The molecule has 0 bridgehead atoms. The van der Waals surface area contributed by atoms with Gasteiger partial charge in [0.1, 0.15) is 23.2 Å². The highest BCUT2D eigenvalue weighted by atomic mass is 79.9. The van der Waals surface area contributed by atoms with Gasteiger partial charge in [-0.2, -0.15) is 5.26 Å². The summed E-state index contributed by atoms with van der Waals surface area (Å²) in [7, 11) is 1.62. The summed E-state index contributed by atoms with van der Waals surface area (Å²) in [5.41, 5.74) is 9.97. The van der Waals surface area contributed by atoms with Crippen molar-refractivity contribution in [3.05, 3.63) is 39.5 Å². The number of halogens is 1. The van der Waals surface area contributed by atoms with Crippen LogP contribution in [0.15, 0.2) is 22.7 Å². The Bertz CT molecular complexity index is 751. The molecule has 0 saturated carbocycles. The number of hydrogen-bond acceptors (Lipinski definition) is 4. The number of anilines is 1. The smallest absolute Gasteiger partial charge is 0.142 e. The van der Waals surface area contributed by atoms with Gasteiger partial charge in [-0.25, -0.2) is 4.98 Å². The summed E-state index contributed by atoms with van der Waals surface area (Å²) >= 11 is 3.48. The molecule has 1 aromatic carbocycles. The Balaban J connectivity index is 2.89. The van der Waals surface area contributed by atoms with Crippen LogP contribution in [0.5, 0.6) is 5.75 Å². The standard InChI is InChI=1S/C17H18BrN3O/c1-4-5-12-10(2)21-17(20)14(9-19)16(12)13-8-11(18)6-7-15(13)22-3/h6-8H,4-5H2,1-3H3,(H2,20,21). The first-order chi connectivity index (χ1) is 10.5. The van der Waals surface area contributed by atoms with Gasteiger partial charge in [-0.1, -0.05) is 29.3 Å². The maximum atomic E-state index is 9.55. The summed E-state index contributed by atoms with van der Waals surface area (Å²) in [6.07, 6.45) is 1.79. The number of aryl methyl sites for hydroxylation is 1. The summed E-state index contributed by atoms with van der Waals surface area (Å²) < 4.78 is 6.39. The predicted octanol–water partition coefficient (Wildman–Crippen LogP) is 4.23. The van der Waals surface area contributed by atoms with E-state index in [0.717, 1.165) is 39.7 Å². The van der Waals surface area contributed by atoms with E-state index in [-0.39, 0.29) is 5.82 Å². The monoisotopic (exact) mass is 359 g/mol. The molecule has 0 aliphatic rings. The number of nitrogen functional groups attached to an aromatic ring is 1. The number of benzene rings is 1. The number of aromatic nitrogens is 1. The van der Waals surface area contributed by atoms with Crippen LogP contribution in [0.25, 0.3) is 11.1 Å². The molecule has 0 aliphatic carbocycles. The molecule has 2 aromatic rings. The van der Waals surface area contributed by atoms with E-state index in [2.05, 4.69) is 33.9 Å². The molecule has 5 heteroatoms. The third-order valence-electron chi connectivity index (χ3n) is 3.58. The Labute approximate surface area is 139 Å². The average Bonchev–Trinajstić information content (AvgIpc) is 2.49. The zero-order chi connectivity index (χ0) is 16.3. The van der Waals surface area contributed by atoms with Crippen LogP contribution in [-0.2, 0) is 6.42 Å². The number of nitrogens with zero attached hydrogens (tertiary/aromatic N) is 2. The van der Waals surface area contributed by atoms with E-state index >= 15 is 0 Å². The molecule has 0 aliphatic heterocycles. The van der Waals surface area contributed by atoms with Crippen LogP contribution in [0.2, 0.25) is 0 Å². The Morgan fingerprint density at radius 3 is 2.73 bits per heavy atom. The van der Waals surface area contributed by atoms with E-state index in [9.17, 15) is 5.26 Å². The lowest BCUT2D eigenvalue weighted by molar-refractivity contribution is 0.416. The second-order valence-corrected chi connectivity index (χ2v) is 5.93. The number of nitrogens with two attached hydrogens (primary N) is 1. The Morgan fingerprint density at radius 1 is 1.41 bits per heavy atom. The molecule has 0 fully saturated rings. The minimum Gasteiger partial charge on any atom is -0.496 e. The molecule has 0 radical (unpaired) electrons. The zero-order valence-corrected chi connectivity index (χ0v) is 14.5. The fourth-order valence-electron chi connectivity index (χ4n) is 2.61. The first-order valence-corrected chi connectivity index (χ1v) is 7.85. The van der Waals surface area contributed by atoms with Gasteiger partial charge in [0.25, 0.3) is 0 Å². The van der Waals surface area contributed by atoms with Crippen LogP contribution in [0.1, 0.15) is 30.2 Å². The van der Waals surface area contributed by atoms with E-state index in [1.807, 2.05) is 25.1 Å². The Morgan fingerprint density at radius 2 is 2.14 bits per heavy atom. The normalized spacial score (nSPS) is 10.3. The van der Waals surface area contributed by atoms with Crippen molar-refractivity contribution in [1.82, 2.24) is 4.98 Å². The number of nitriles is 1. The highest BCUT2D eigenvalue weighted by Crippen LogP contribution is 2.39. The third-order valence-corrected chi connectivity index (χ3v) is 4.07. The molecular formula is C17H18BrN3O. The van der Waals surface area contributed by atoms with Crippen LogP contribution < -0.4 is 10.5 Å². The van der Waals surface area contributed by atoms with Crippen molar-refractivity contribution in [3.63, 3.8) is 0 Å². The molecule has 2 rings (SSSR count). The fourth-order valence-corrected chi connectivity index (χ4v) is 2.97. The molecule has 0 atom stereocenters. The van der Waals surface area contributed by atoms with E-state index in [1.165, 1.54) is 0 Å². The minimum atomic E-state index is 0.261. The van der Waals surface area contributed by atoms with Crippen LogP contribution in [0, 0.1) is 18.3 Å². The van der Waals surface area contributed by atoms with Gasteiger partial charge in [-0.15, -0.1) is 0 Å². The van der Waals surface area contributed by atoms with Crippen LogP contribution in [-0.4, -0.2) is 12.1 Å². The van der Waals surface area contributed by atoms with Crippen molar-refractivity contribution in [2.45, 2.75) is 26.7 Å². The molecule has 1 heterocycles. The largest absolute Gasteiger partial charge is 0.496 e. The number of pyridine rings is 1. The maximum Gasteiger partial charge on any atom is 0.142 e. The number of hydrogen-bond donors (Lipinski definition) is 1. The number of ether oxygens (including phenoxy) is 1. The van der Waals surface area contributed by atoms with Crippen LogP contribution in [0.3, 0.4) is 0 Å². The Hall–Kier alpha value is -2.06. The molecule has 0 unspecified atom stereocenters. The van der Waals surface area contributed by atoms with Gasteiger partial charge >= 0.3 is 0 Å². The van der Waals surface area contributed by atoms with Gasteiger partial charge in [0, 0.05) is 21.3 Å². The number of methoxy groups -OCH3 is 1. The van der Waals surface area contributed by atoms with E-state index in [0.29, 0.717) is 11.3 Å². The Kier molecular flexibility index (Phi) is 5.04. The van der Waals surface area contributed by atoms with E-state index in [1.54, 1.807) is 7.11 Å². The summed E-state index contributed by atoms with van der Waals surface area (Å²) in [6.45, 7) is 4.03. The molecule has 114 valence electrons. The lowest BCUT2D eigenvalue weighted by atomic mass is 9.91. The lowest BCUT2D eigenvalue weighted by Crippen LogP contribution is -2.06. The van der Waals surface area contributed by atoms with Gasteiger partial charge < -0.3 is 10.5 Å². The fraction of sp³-hybridized carbons (Fsp3) is 0.294. The van der Waals surface area contributed by atoms with Gasteiger partial charge in [0.2, 0.25) is 0 Å². The van der Waals surface area contributed by atoms with Gasteiger partial charge in [-0.3, -0.25) is 0 Å². The van der Waals surface area contributed by atoms with Crippen molar-refractivity contribution >= 4 is 21.7 Å². The topological polar surface area (TPSA) is 71.9 Å². The number of rotatable bonds is 4. The van der Waals surface area contributed by atoms with Crippen molar-refractivity contribution in [2.24, 2.45) is 0 Å². The third kappa shape index (κ3) is 2.93. The van der Waals surface area contributed by atoms with E-state index in [4.69, 9.17) is 10.5 Å². The van der Waals surface area contributed by atoms with Crippen molar-refractivity contribution in [3.8, 4) is 22.9 Å². The SMILES string of the molecule is CCCc1c(C)nc(N)c(C#N)c1-c1cc(Br)ccc1OC. The summed E-state index contributed by atoms with van der Waals surface area (Å²) in [5, 5.41) is 9.55. The van der Waals surface area contributed by atoms with Crippen LogP contribution in [0.4, 0.5) is 5.82 Å². The molecule has 4 nitrogen and oxygen atoms in total. The van der Waals surface area contributed by atoms with Crippen molar-refractivity contribution in [2.75, 3.05) is 12.8 Å². The molecule has 2 N–H and O–H groups in total. The molecular weight excluding hydrogens is 342 g/mol. The predicted molar refractivity (Wildman–Crippen MR) is 91.8 cm³/mol. The molecule has 0 amide bonds. The lowest BCUT2D eigenvalue weighted by Gasteiger charge is -2.17. The summed E-state index contributed by atoms with van der Waals surface area (Å²) in [6, 6.07) is 7.94. The maximum absolute atomic E-state index is 9.55. The highest BCUT2D eigenvalue weighted by Gasteiger charge is 2.20. The molecule has 0 saturated heterocycles. The van der Waals surface area contributed by atoms with Crippen LogP contribution >= 0.6 is 15.9 Å². The zero-order valence-electron chi connectivity index (χ0n) is 12.9. The highest BCUT2D eigenvalue weighted by molar-refractivity contribution is 9.10. The second-order valence-electron chi connectivity index (χ2n) is 5.02. The minimum absolute atomic E-state index is 0.261. The summed E-state index contributed by atoms with van der Waals surface area (Å²) in [5.74, 6) is 0.971. The first-order valence-electron chi connectivity index (χ1n) is 7.06. The van der Waals surface area contributed by atoms with Crippen molar-refractivity contribution < 1.29 is 4.74 Å². The van der Waals surface area contributed by atoms with Gasteiger partial charge in [0.15, 0.2) is 0 Å².